The number of thiazole rings is 1. The topological polar surface area (TPSA) is 124 Å². The average molecular weight is 482 g/mol. The van der Waals surface area contributed by atoms with Gasteiger partial charge in [-0.25, -0.2) is 19.7 Å². The number of hydrogen-bond acceptors (Lipinski definition) is 8. The van der Waals surface area contributed by atoms with Crippen molar-refractivity contribution in [2.45, 2.75) is 58.3 Å². The van der Waals surface area contributed by atoms with Crippen molar-refractivity contribution in [3.05, 3.63) is 42.1 Å². The highest BCUT2D eigenvalue weighted by Crippen LogP contribution is 2.32. The van der Waals surface area contributed by atoms with Crippen LogP contribution in [0.2, 0.25) is 0 Å². The van der Waals surface area contributed by atoms with Crippen LogP contribution < -0.4 is 21.3 Å². The summed E-state index contributed by atoms with van der Waals surface area (Å²) in [6.07, 6.45) is 3.35. The molecule has 0 unspecified atom stereocenters. The van der Waals surface area contributed by atoms with E-state index in [1.165, 1.54) is 11.3 Å². The van der Waals surface area contributed by atoms with Gasteiger partial charge >= 0.3 is 6.03 Å². The molecule has 0 spiro atoms. The molecule has 9 nitrogen and oxygen atoms in total. The summed E-state index contributed by atoms with van der Waals surface area (Å²) in [7, 11) is 0. The van der Waals surface area contributed by atoms with Crippen LogP contribution in [0.1, 0.15) is 39.2 Å². The molecule has 3 aromatic rings. The third-order valence-corrected chi connectivity index (χ3v) is 6.05. The first-order valence-corrected chi connectivity index (χ1v) is 12.4. The minimum atomic E-state index is -0.539. The Bertz CT molecular complexity index is 1130. The number of anilines is 2. The van der Waals surface area contributed by atoms with Gasteiger partial charge in [-0.15, -0.1) is 0 Å². The lowest BCUT2D eigenvalue weighted by Gasteiger charge is -2.14. The number of benzene rings is 1. The highest BCUT2D eigenvalue weighted by Gasteiger charge is 2.23. The number of rotatable bonds is 10. The lowest BCUT2D eigenvalue weighted by Crippen LogP contribution is -2.36. The van der Waals surface area contributed by atoms with E-state index in [9.17, 15) is 9.90 Å². The molecule has 0 bridgehead atoms. The van der Waals surface area contributed by atoms with Crippen LogP contribution >= 0.6 is 11.3 Å². The average Bonchev–Trinajstić information content (AvgIpc) is 3.50. The van der Waals surface area contributed by atoms with E-state index in [-0.39, 0.29) is 12.1 Å². The molecule has 2 aromatic heterocycles. The Balaban J connectivity index is 1.63. The molecule has 1 fully saturated rings. The number of carbonyl (C=O) groups excluding carboxylic acids is 1. The van der Waals surface area contributed by atoms with Crippen LogP contribution in [0, 0.1) is 0 Å². The largest absolute Gasteiger partial charge is 0.392 e. The van der Waals surface area contributed by atoms with Crippen LogP contribution in [0.5, 0.6) is 0 Å². The number of urea groups is 1. The maximum absolute atomic E-state index is 12.1. The van der Waals surface area contributed by atoms with Gasteiger partial charge in [-0.1, -0.05) is 35.6 Å². The number of aromatic nitrogens is 3. The van der Waals surface area contributed by atoms with Gasteiger partial charge in [0, 0.05) is 36.9 Å². The summed E-state index contributed by atoms with van der Waals surface area (Å²) in [6, 6.07) is 10.2. The number of amides is 2. The Morgan fingerprint density at radius 2 is 1.94 bits per heavy atom. The second kappa shape index (κ2) is 10.8. The van der Waals surface area contributed by atoms with Crippen molar-refractivity contribution >= 4 is 28.4 Å². The lowest BCUT2D eigenvalue weighted by atomic mass is 10.0. The fourth-order valence-electron chi connectivity index (χ4n) is 3.30. The maximum atomic E-state index is 12.1. The zero-order valence-corrected chi connectivity index (χ0v) is 20.4. The number of nitrogens with zero attached hydrogens (tertiary/aromatic N) is 3. The zero-order valence-electron chi connectivity index (χ0n) is 19.6. The predicted molar refractivity (Wildman–Crippen MR) is 136 cm³/mol. The molecule has 5 N–H and O–H groups in total. The van der Waals surface area contributed by atoms with Gasteiger partial charge in [0.05, 0.1) is 22.4 Å². The molecule has 2 heterocycles. The Labute approximate surface area is 203 Å². The molecule has 0 aliphatic heterocycles. The first-order valence-electron chi connectivity index (χ1n) is 11.5. The molecule has 1 atom stereocenters. The molecule has 1 saturated carbocycles. The zero-order chi connectivity index (χ0) is 24.1. The first kappa shape index (κ1) is 23.9. The van der Waals surface area contributed by atoms with Gasteiger partial charge in [-0.3, -0.25) is 0 Å². The van der Waals surface area contributed by atoms with Crippen LogP contribution in [0.3, 0.4) is 0 Å². The third-order valence-electron chi connectivity index (χ3n) is 5.10. The van der Waals surface area contributed by atoms with Crippen LogP contribution in [0.25, 0.3) is 21.8 Å². The first-order chi connectivity index (χ1) is 16.4. The van der Waals surface area contributed by atoms with E-state index in [1.54, 1.807) is 13.1 Å². The van der Waals surface area contributed by atoms with Crippen LogP contribution in [-0.2, 0) is 6.54 Å². The van der Waals surface area contributed by atoms with E-state index in [2.05, 4.69) is 45.1 Å². The molecule has 0 radical (unpaired) electrons. The third kappa shape index (κ3) is 6.64. The Morgan fingerprint density at radius 1 is 1.18 bits per heavy atom. The van der Waals surface area contributed by atoms with Gasteiger partial charge in [0.1, 0.15) is 0 Å². The number of aliphatic hydroxyl groups is 1. The van der Waals surface area contributed by atoms with Crippen molar-refractivity contribution in [2.24, 2.45) is 0 Å². The van der Waals surface area contributed by atoms with Gasteiger partial charge < -0.3 is 26.4 Å². The molecule has 1 aliphatic carbocycles. The summed E-state index contributed by atoms with van der Waals surface area (Å²) in [5.74, 6) is 0.425. The van der Waals surface area contributed by atoms with E-state index in [1.807, 2.05) is 30.3 Å². The minimum Gasteiger partial charge on any atom is -0.392 e. The molecule has 10 heteroatoms. The Morgan fingerprint density at radius 3 is 2.68 bits per heavy atom. The highest BCUT2D eigenvalue weighted by atomic mass is 32.1. The van der Waals surface area contributed by atoms with Crippen LogP contribution in [-0.4, -0.2) is 50.8 Å². The van der Waals surface area contributed by atoms with Crippen LogP contribution in [0.15, 0.2) is 36.5 Å². The second-order valence-electron chi connectivity index (χ2n) is 8.78. The van der Waals surface area contributed by atoms with Crippen molar-refractivity contribution in [2.75, 3.05) is 17.2 Å². The number of hydrogen-bond donors (Lipinski definition) is 5. The minimum absolute atomic E-state index is 0.158. The second-order valence-corrected chi connectivity index (χ2v) is 9.81. The standard InChI is InChI=1S/C24H31N7O2S/c1-14(2)28-24-27-13-21(34-24)20-10-19(30-22(31-20)25-11-15(3)32)18-7-5-4-6-16(18)12-26-23(33)29-17-8-9-17/h4-7,10,13-15,17,32H,8-9,11-12H2,1-3H3,(H,27,28)(H,25,30,31)(H2,26,29,33)/t15-/m1/s1. The molecule has 1 aromatic carbocycles. The smallest absolute Gasteiger partial charge is 0.315 e. The molecule has 0 saturated heterocycles. The summed E-state index contributed by atoms with van der Waals surface area (Å²) in [6.45, 7) is 6.55. The van der Waals surface area contributed by atoms with E-state index in [0.29, 0.717) is 25.1 Å². The predicted octanol–water partition coefficient (Wildman–Crippen LogP) is 3.84. The quantitative estimate of drug-likeness (QED) is 0.298. The van der Waals surface area contributed by atoms with Crippen molar-refractivity contribution in [3.63, 3.8) is 0 Å². The van der Waals surface area contributed by atoms with Crippen molar-refractivity contribution in [3.8, 4) is 21.8 Å². The molecular weight excluding hydrogens is 450 g/mol. The summed E-state index contributed by atoms with van der Waals surface area (Å²) >= 11 is 1.53. The van der Waals surface area contributed by atoms with E-state index < -0.39 is 6.10 Å². The van der Waals surface area contributed by atoms with Gasteiger partial charge in [0.2, 0.25) is 5.95 Å². The van der Waals surface area contributed by atoms with E-state index in [4.69, 9.17) is 4.98 Å². The van der Waals surface area contributed by atoms with Gasteiger partial charge in [-0.05, 0) is 45.2 Å². The van der Waals surface area contributed by atoms with Crippen LogP contribution in [0.4, 0.5) is 15.9 Å². The molecular formula is C24H31N7O2S. The molecule has 2 amide bonds. The summed E-state index contributed by atoms with van der Waals surface area (Å²) in [4.78, 5) is 26.9. The molecule has 4 rings (SSSR count). The Hall–Kier alpha value is -3.24. The van der Waals surface area contributed by atoms with Gasteiger partial charge in [-0.2, -0.15) is 0 Å². The maximum Gasteiger partial charge on any atom is 0.315 e. The van der Waals surface area contributed by atoms with E-state index in [0.717, 1.165) is 45.4 Å². The van der Waals surface area contributed by atoms with Crippen molar-refractivity contribution < 1.29 is 9.90 Å². The fourth-order valence-corrected chi connectivity index (χ4v) is 4.22. The van der Waals surface area contributed by atoms with Gasteiger partial charge in [0.15, 0.2) is 5.13 Å². The lowest BCUT2D eigenvalue weighted by molar-refractivity contribution is 0.208. The van der Waals surface area contributed by atoms with Crippen molar-refractivity contribution in [1.82, 2.24) is 25.6 Å². The summed E-state index contributed by atoms with van der Waals surface area (Å²) in [5.41, 5.74) is 3.32. The SMILES string of the molecule is CC(C)Nc1ncc(-c2cc(-c3ccccc3CNC(=O)NC3CC3)nc(NC[C@@H](C)O)n2)s1. The number of aliphatic hydroxyl groups excluding tert-OH is 1. The van der Waals surface area contributed by atoms with Crippen molar-refractivity contribution in [1.29, 1.82) is 0 Å². The molecule has 34 heavy (non-hydrogen) atoms. The van der Waals surface area contributed by atoms with E-state index >= 15 is 0 Å². The number of nitrogens with one attached hydrogen (secondary N) is 4. The summed E-state index contributed by atoms with van der Waals surface area (Å²) in [5, 5.41) is 22.9. The molecule has 180 valence electrons. The Kier molecular flexibility index (Phi) is 7.59. The normalized spacial score (nSPS) is 14.0. The fraction of sp³-hybridized carbons (Fsp3) is 0.417. The van der Waals surface area contributed by atoms with Gasteiger partial charge in [0.25, 0.3) is 0 Å². The highest BCUT2D eigenvalue weighted by molar-refractivity contribution is 7.18. The number of carbonyl (C=O) groups is 1. The molecule has 1 aliphatic rings. The summed E-state index contributed by atoms with van der Waals surface area (Å²) < 4.78 is 0. The monoisotopic (exact) mass is 481 g/mol.